The lowest BCUT2D eigenvalue weighted by Gasteiger charge is -2.11. The molecular weight excluding hydrogens is 448 g/mol. The van der Waals surface area contributed by atoms with Crippen molar-refractivity contribution in [3.63, 3.8) is 0 Å². The molecule has 0 aliphatic rings. The minimum atomic E-state index is -0.805. The Kier molecular flexibility index (Phi) is 6.07. The van der Waals surface area contributed by atoms with Crippen molar-refractivity contribution in [1.29, 1.82) is 0 Å². The van der Waals surface area contributed by atoms with Gasteiger partial charge in [-0.05, 0) is 46.8 Å². The molecule has 172 valence electrons. The molecule has 0 bridgehead atoms. The molecule has 0 saturated heterocycles. The lowest BCUT2D eigenvalue weighted by Crippen LogP contribution is -2.23. The lowest BCUT2D eigenvalue weighted by molar-refractivity contribution is -0.141. The van der Waals surface area contributed by atoms with Crippen molar-refractivity contribution in [1.82, 2.24) is 25.2 Å². The first-order valence-corrected chi connectivity index (χ1v) is 10.6. The Labute approximate surface area is 198 Å². The Morgan fingerprint density at radius 1 is 1.00 bits per heavy atom. The quantitative estimate of drug-likeness (QED) is 0.285. The fourth-order valence-electron chi connectivity index (χ4n) is 3.43. The van der Waals surface area contributed by atoms with E-state index in [1.54, 1.807) is 36.5 Å². The smallest absolute Gasteiger partial charge is 0.357 e. The number of rotatable bonds is 7. The van der Waals surface area contributed by atoms with Crippen molar-refractivity contribution < 1.29 is 18.7 Å². The van der Waals surface area contributed by atoms with Gasteiger partial charge in [0.1, 0.15) is 5.76 Å². The number of amides is 1. The zero-order chi connectivity index (χ0) is 24.0. The number of esters is 1. The Balaban J connectivity index is 1.37. The third-order valence-corrected chi connectivity index (χ3v) is 5.02. The zero-order valence-corrected chi connectivity index (χ0v) is 18.2. The summed E-state index contributed by atoms with van der Waals surface area (Å²) in [6.07, 6.45) is 4.59. The van der Waals surface area contributed by atoms with Gasteiger partial charge in [-0.1, -0.05) is 36.4 Å². The zero-order valence-electron chi connectivity index (χ0n) is 18.2. The molecule has 5 rings (SSSR count). The van der Waals surface area contributed by atoms with Gasteiger partial charge in [-0.3, -0.25) is 9.78 Å². The number of tetrazole rings is 1. The molecule has 10 heteroatoms. The van der Waals surface area contributed by atoms with Gasteiger partial charge in [-0.25, -0.2) is 4.79 Å². The number of hydrogen-bond acceptors (Lipinski definition) is 8. The summed E-state index contributed by atoms with van der Waals surface area (Å²) < 4.78 is 11.9. The van der Waals surface area contributed by atoms with Gasteiger partial charge in [-0.15, -0.1) is 5.10 Å². The molecule has 0 unspecified atom stereocenters. The number of pyridine rings is 1. The molecule has 0 aliphatic carbocycles. The van der Waals surface area contributed by atoms with Crippen LogP contribution in [0.4, 0.5) is 5.69 Å². The number of carbonyl (C=O) groups excluding carboxylic acids is 2. The maximum Gasteiger partial charge on any atom is 0.357 e. The first-order valence-electron chi connectivity index (χ1n) is 10.6. The van der Waals surface area contributed by atoms with Crippen molar-refractivity contribution >= 4 is 40.2 Å². The van der Waals surface area contributed by atoms with E-state index in [1.165, 1.54) is 17.0 Å². The minimum absolute atomic E-state index is 0.0223. The maximum absolute atomic E-state index is 13.1. The van der Waals surface area contributed by atoms with Crippen molar-refractivity contribution in [2.75, 3.05) is 11.9 Å². The highest BCUT2D eigenvalue weighted by Crippen LogP contribution is 2.23. The number of anilines is 1. The van der Waals surface area contributed by atoms with Crippen LogP contribution in [-0.4, -0.2) is 43.7 Å². The van der Waals surface area contributed by atoms with E-state index in [9.17, 15) is 9.59 Å². The molecular formula is C25H18N6O4. The molecule has 1 amide bonds. The summed E-state index contributed by atoms with van der Waals surface area (Å²) in [5.74, 6) is -0.597. The van der Waals surface area contributed by atoms with Crippen LogP contribution in [0.15, 0.2) is 89.7 Å². The van der Waals surface area contributed by atoms with E-state index in [1.807, 2.05) is 42.5 Å². The molecule has 10 nitrogen and oxygen atoms in total. The number of nitrogens with zero attached hydrogens (tertiary/aromatic N) is 5. The average Bonchev–Trinajstić information content (AvgIpc) is 3.59. The predicted octanol–water partition coefficient (Wildman–Crippen LogP) is 3.66. The van der Waals surface area contributed by atoms with Crippen LogP contribution in [0.2, 0.25) is 0 Å². The summed E-state index contributed by atoms with van der Waals surface area (Å²) in [5, 5.41) is 15.2. The maximum atomic E-state index is 13.1. The largest absolute Gasteiger partial charge is 0.465 e. The topological polar surface area (TPSA) is 125 Å². The third-order valence-electron chi connectivity index (χ3n) is 5.02. The van der Waals surface area contributed by atoms with Gasteiger partial charge < -0.3 is 14.5 Å². The van der Waals surface area contributed by atoms with Crippen LogP contribution >= 0.6 is 0 Å². The van der Waals surface area contributed by atoms with Gasteiger partial charge in [0, 0.05) is 23.2 Å². The standard InChI is InChI=1S/C25H18N6O4/c32-23(27-21-12-4-11-20-19(21)10-5-13-26-20)16-35-25(33)22(15-18-9-6-14-34-18)31-24(28-29-30-31)17-7-2-1-3-8-17/h1-15H,16H2,(H,27,32)/b22-15-. The Hall–Kier alpha value is -5.12. The van der Waals surface area contributed by atoms with Crippen LogP contribution in [0.3, 0.4) is 0 Å². The Bertz CT molecular complexity index is 1500. The Morgan fingerprint density at radius 2 is 1.89 bits per heavy atom. The molecule has 35 heavy (non-hydrogen) atoms. The van der Waals surface area contributed by atoms with E-state index in [0.717, 1.165) is 10.9 Å². The van der Waals surface area contributed by atoms with Gasteiger partial charge >= 0.3 is 5.97 Å². The second-order valence-corrected chi connectivity index (χ2v) is 7.33. The van der Waals surface area contributed by atoms with Crippen molar-refractivity contribution in [3.8, 4) is 11.4 Å². The molecule has 0 atom stereocenters. The summed E-state index contributed by atoms with van der Waals surface area (Å²) >= 11 is 0. The highest BCUT2D eigenvalue weighted by atomic mass is 16.5. The van der Waals surface area contributed by atoms with Crippen molar-refractivity contribution in [2.24, 2.45) is 0 Å². The van der Waals surface area contributed by atoms with E-state index in [-0.39, 0.29) is 5.70 Å². The van der Waals surface area contributed by atoms with E-state index in [4.69, 9.17) is 9.15 Å². The van der Waals surface area contributed by atoms with Gasteiger partial charge in [0.15, 0.2) is 18.1 Å². The molecule has 0 fully saturated rings. The van der Waals surface area contributed by atoms with Gasteiger partial charge in [0.25, 0.3) is 5.91 Å². The van der Waals surface area contributed by atoms with Gasteiger partial charge in [0.2, 0.25) is 0 Å². The highest BCUT2D eigenvalue weighted by molar-refractivity contribution is 6.16. The predicted molar refractivity (Wildman–Crippen MR) is 127 cm³/mol. The van der Waals surface area contributed by atoms with Gasteiger partial charge in [-0.2, -0.15) is 4.68 Å². The number of carbonyl (C=O) groups is 2. The first-order chi connectivity index (χ1) is 17.2. The van der Waals surface area contributed by atoms with Crippen LogP contribution < -0.4 is 5.32 Å². The SMILES string of the molecule is O=C(COC(=O)/C(=C/c1ccco1)n1nnnc1-c1ccccc1)Nc1cccc2ncccc12. The van der Waals surface area contributed by atoms with E-state index >= 15 is 0 Å². The summed E-state index contributed by atoms with van der Waals surface area (Å²) in [6, 6.07) is 21.5. The fraction of sp³-hybridized carbons (Fsp3) is 0.0400. The van der Waals surface area contributed by atoms with Crippen LogP contribution in [0.1, 0.15) is 5.76 Å². The first kappa shape index (κ1) is 21.7. The molecule has 0 saturated carbocycles. The van der Waals surface area contributed by atoms with Crippen molar-refractivity contribution in [3.05, 3.63) is 91.0 Å². The molecule has 5 aromatic rings. The fourth-order valence-corrected chi connectivity index (χ4v) is 3.43. The van der Waals surface area contributed by atoms with Gasteiger partial charge in [0.05, 0.1) is 17.5 Å². The molecule has 1 N–H and O–H groups in total. The number of furan rings is 1. The molecule has 0 radical (unpaired) electrons. The molecule has 0 spiro atoms. The summed E-state index contributed by atoms with van der Waals surface area (Å²) in [4.78, 5) is 29.9. The van der Waals surface area contributed by atoms with E-state index in [2.05, 4.69) is 25.8 Å². The number of aromatic nitrogens is 5. The molecule has 2 aromatic carbocycles. The van der Waals surface area contributed by atoms with Crippen LogP contribution in [0.25, 0.3) is 34.1 Å². The second kappa shape index (κ2) is 9.79. The lowest BCUT2D eigenvalue weighted by atomic mass is 10.2. The number of benzene rings is 2. The normalized spacial score (nSPS) is 11.4. The summed E-state index contributed by atoms with van der Waals surface area (Å²) in [6.45, 7) is -0.520. The number of ether oxygens (including phenoxy) is 1. The highest BCUT2D eigenvalue weighted by Gasteiger charge is 2.22. The van der Waals surface area contributed by atoms with Crippen LogP contribution in [0.5, 0.6) is 0 Å². The van der Waals surface area contributed by atoms with Crippen LogP contribution in [-0.2, 0) is 14.3 Å². The second-order valence-electron chi connectivity index (χ2n) is 7.33. The minimum Gasteiger partial charge on any atom is -0.465 e. The number of hydrogen-bond donors (Lipinski definition) is 1. The monoisotopic (exact) mass is 466 g/mol. The molecule has 0 aliphatic heterocycles. The van der Waals surface area contributed by atoms with Crippen molar-refractivity contribution in [2.45, 2.75) is 0 Å². The summed E-state index contributed by atoms with van der Waals surface area (Å²) in [7, 11) is 0. The number of fused-ring (bicyclic) bond motifs is 1. The third kappa shape index (κ3) is 4.81. The van der Waals surface area contributed by atoms with Crippen LogP contribution in [0, 0.1) is 0 Å². The van der Waals surface area contributed by atoms with E-state index < -0.39 is 18.5 Å². The average molecular weight is 466 g/mol. The Morgan fingerprint density at radius 3 is 2.71 bits per heavy atom. The molecule has 3 aromatic heterocycles. The van der Waals surface area contributed by atoms with E-state index in [0.29, 0.717) is 22.8 Å². The summed E-state index contributed by atoms with van der Waals surface area (Å²) in [5.41, 5.74) is 1.97. The molecule has 3 heterocycles. The number of nitrogens with one attached hydrogen (secondary N) is 1.